The van der Waals surface area contributed by atoms with Crippen molar-refractivity contribution in [2.45, 2.75) is 19.0 Å². The van der Waals surface area contributed by atoms with Gasteiger partial charge in [0.25, 0.3) is 0 Å². The van der Waals surface area contributed by atoms with E-state index in [0.29, 0.717) is 0 Å². The van der Waals surface area contributed by atoms with Crippen molar-refractivity contribution in [1.29, 1.82) is 0 Å². The summed E-state index contributed by atoms with van der Waals surface area (Å²) >= 11 is 0. The van der Waals surface area contributed by atoms with Crippen molar-refractivity contribution in [3.63, 3.8) is 0 Å². The van der Waals surface area contributed by atoms with E-state index in [4.69, 9.17) is 0 Å². The normalized spacial score (nSPS) is 11.1. The second-order valence-corrected chi connectivity index (χ2v) is 1.57. The first-order valence-electron chi connectivity index (χ1n) is 2.43. The maximum Gasteiger partial charge on any atom is 0.449 e. The van der Waals surface area contributed by atoms with Gasteiger partial charge in [0.15, 0.2) is 6.29 Å². The van der Waals surface area contributed by atoms with E-state index >= 15 is 0 Å². The average Bonchev–Trinajstić information content (AvgIpc) is 1.80. The van der Waals surface area contributed by atoms with Crippen molar-refractivity contribution < 1.29 is 22.8 Å². The Hall–Kier alpha value is -0.870. The van der Waals surface area contributed by atoms with Gasteiger partial charge in [0, 0.05) is 12.8 Å². The highest BCUT2D eigenvalue weighted by atomic mass is 19.4. The third-order valence-electron chi connectivity index (χ3n) is 0.770. The molecule has 0 rings (SSSR count). The fraction of sp³-hybridized carbons (Fsp3) is 0.600. The number of hydrogen-bond donors (Lipinski definition) is 0. The summed E-state index contributed by atoms with van der Waals surface area (Å²) in [6, 6.07) is 0. The molecule has 0 heterocycles. The van der Waals surface area contributed by atoms with Crippen LogP contribution < -0.4 is 0 Å². The summed E-state index contributed by atoms with van der Waals surface area (Å²) in [5.41, 5.74) is 0. The molecule has 0 unspecified atom stereocenters. The van der Waals surface area contributed by atoms with Gasteiger partial charge < -0.3 is 0 Å². The zero-order valence-corrected chi connectivity index (χ0v) is 4.86. The van der Waals surface area contributed by atoms with E-state index < -0.39 is 24.8 Å². The summed E-state index contributed by atoms with van der Waals surface area (Å²) in [4.78, 5) is 19.3. The highest BCUT2D eigenvalue weighted by molar-refractivity contribution is 5.85. The molecule has 57 valence electrons. The molecule has 0 aliphatic heterocycles. The average molecular weight is 153 g/mol. The fourth-order valence-electron chi connectivity index (χ4n) is 0.306. The first kappa shape index (κ1) is 9.13. The van der Waals surface area contributed by atoms with E-state index in [9.17, 15) is 22.8 Å². The van der Waals surface area contributed by atoms with Crippen LogP contribution in [0.2, 0.25) is 0 Å². The van der Waals surface area contributed by atoms with Gasteiger partial charge in [0.2, 0.25) is 5.78 Å². The molecule has 1 radical (unpaired) electrons. The minimum atomic E-state index is -4.81. The summed E-state index contributed by atoms with van der Waals surface area (Å²) in [5, 5.41) is 0. The number of carbonyl (C=O) groups is 1. The molecule has 0 bridgehead atoms. The van der Waals surface area contributed by atoms with E-state index in [1.54, 1.807) is 0 Å². The first-order valence-corrected chi connectivity index (χ1v) is 2.43. The maximum absolute atomic E-state index is 11.3. The topological polar surface area (TPSA) is 34.1 Å². The molecular formula is C5H4F3O2. The lowest BCUT2D eigenvalue weighted by Crippen LogP contribution is -2.22. The quantitative estimate of drug-likeness (QED) is 0.606. The zero-order valence-electron chi connectivity index (χ0n) is 4.86. The van der Waals surface area contributed by atoms with Gasteiger partial charge in [-0.3, -0.25) is 9.59 Å². The van der Waals surface area contributed by atoms with Crippen LogP contribution in [0.1, 0.15) is 12.8 Å². The minimum absolute atomic E-state index is 0.488. The van der Waals surface area contributed by atoms with Crippen LogP contribution in [0.3, 0.4) is 0 Å². The molecule has 0 aromatic carbocycles. The number of Topliss-reactive ketones (excluding diaryl/α,β-unsaturated/α-hetero) is 1. The van der Waals surface area contributed by atoms with E-state index in [2.05, 4.69) is 0 Å². The van der Waals surface area contributed by atoms with Crippen molar-refractivity contribution in [2.75, 3.05) is 0 Å². The molecule has 0 aromatic heterocycles. The van der Waals surface area contributed by atoms with E-state index in [1.165, 1.54) is 6.29 Å². The number of hydrogen-bond acceptors (Lipinski definition) is 2. The fourth-order valence-corrected chi connectivity index (χ4v) is 0.306. The number of carbonyl (C=O) groups excluding carboxylic acids is 2. The number of halogens is 3. The van der Waals surface area contributed by atoms with E-state index in [0.717, 1.165) is 0 Å². The minimum Gasteiger partial charge on any atom is -0.291 e. The predicted molar refractivity (Wildman–Crippen MR) is 26.0 cm³/mol. The highest BCUT2D eigenvalue weighted by Gasteiger charge is 2.37. The van der Waals surface area contributed by atoms with Gasteiger partial charge in [0.05, 0.1) is 0 Å². The Morgan fingerprint density at radius 2 is 1.90 bits per heavy atom. The molecule has 0 amide bonds. The summed E-state index contributed by atoms with van der Waals surface area (Å²) < 4.78 is 33.9. The van der Waals surface area contributed by atoms with Crippen LogP contribution in [0.4, 0.5) is 13.2 Å². The molecule has 0 N–H and O–H groups in total. The molecule has 0 spiro atoms. The molecule has 0 aromatic rings. The SMILES string of the molecule is O=[C]CCC(=O)C(F)(F)F. The molecule has 10 heavy (non-hydrogen) atoms. The highest BCUT2D eigenvalue weighted by Crippen LogP contribution is 2.17. The van der Waals surface area contributed by atoms with Crippen LogP contribution in [0, 0.1) is 0 Å². The van der Waals surface area contributed by atoms with Gasteiger partial charge in [-0.05, 0) is 0 Å². The molecular weight excluding hydrogens is 149 g/mol. The van der Waals surface area contributed by atoms with Crippen molar-refractivity contribution in [1.82, 2.24) is 0 Å². The zero-order chi connectivity index (χ0) is 8.20. The molecule has 2 nitrogen and oxygen atoms in total. The summed E-state index contributed by atoms with van der Waals surface area (Å²) in [6.07, 6.45) is -4.90. The summed E-state index contributed by atoms with van der Waals surface area (Å²) in [6.45, 7) is 0. The van der Waals surface area contributed by atoms with Crippen molar-refractivity contribution in [3.05, 3.63) is 0 Å². The van der Waals surface area contributed by atoms with Gasteiger partial charge in [-0.25, -0.2) is 0 Å². The molecule has 0 fully saturated rings. The number of alkyl halides is 3. The smallest absolute Gasteiger partial charge is 0.291 e. The largest absolute Gasteiger partial charge is 0.449 e. The van der Waals surface area contributed by atoms with Gasteiger partial charge in [-0.15, -0.1) is 0 Å². The van der Waals surface area contributed by atoms with Crippen LogP contribution in [0.15, 0.2) is 0 Å². The van der Waals surface area contributed by atoms with Crippen molar-refractivity contribution >= 4 is 12.1 Å². The number of ketones is 1. The Morgan fingerprint density at radius 1 is 1.40 bits per heavy atom. The van der Waals surface area contributed by atoms with Crippen molar-refractivity contribution in [3.8, 4) is 0 Å². The Kier molecular flexibility index (Phi) is 3.05. The lowest BCUT2D eigenvalue weighted by molar-refractivity contribution is -0.170. The van der Waals surface area contributed by atoms with Crippen LogP contribution in [0.5, 0.6) is 0 Å². The molecule has 0 aliphatic rings. The third kappa shape index (κ3) is 3.21. The van der Waals surface area contributed by atoms with Gasteiger partial charge in [0.1, 0.15) is 0 Å². The second-order valence-electron chi connectivity index (χ2n) is 1.57. The molecule has 0 saturated carbocycles. The molecule has 0 saturated heterocycles. The van der Waals surface area contributed by atoms with Crippen LogP contribution >= 0.6 is 0 Å². The van der Waals surface area contributed by atoms with Crippen LogP contribution in [0.25, 0.3) is 0 Å². The Balaban J connectivity index is 3.74. The van der Waals surface area contributed by atoms with E-state index in [-0.39, 0.29) is 0 Å². The summed E-state index contributed by atoms with van der Waals surface area (Å²) in [5.74, 6) is -1.88. The third-order valence-corrected chi connectivity index (χ3v) is 0.770. The molecule has 0 atom stereocenters. The lowest BCUT2D eigenvalue weighted by atomic mass is 10.2. The summed E-state index contributed by atoms with van der Waals surface area (Å²) in [7, 11) is 0. The Bertz CT molecular complexity index is 138. The first-order chi connectivity index (χ1) is 4.48. The standard InChI is InChI=1S/C5H4F3O2/c6-5(7,8)4(10)2-1-3-9/h1-2H2. The van der Waals surface area contributed by atoms with Crippen molar-refractivity contribution in [2.24, 2.45) is 0 Å². The monoisotopic (exact) mass is 153 g/mol. The van der Waals surface area contributed by atoms with Gasteiger partial charge in [-0.1, -0.05) is 0 Å². The Morgan fingerprint density at radius 3 is 2.20 bits per heavy atom. The van der Waals surface area contributed by atoms with Gasteiger partial charge in [-0.2, -0.15) is 13.2 Å². The van der Waals surface area contributed by atoms with E-state index in [1.807, 2.05) is 0 Å². The lowest BCUT2D eigenvalue weighted by Gasteiger charge is -2.00. The molecule has 0 aliphatic carbocycles. The second kappa shape index (κ2) is 3.34. The van der Waals surface area contributed by atoms with Crippen LogP contribution in [-0.4, -0.2) is 18.2 Å². The van der Waals surface area contributed by atoms with Gasteiger partial charge >= 0.3 is 6.18 Å². The number of rotatable bonds is 3. The molecule has 5 heteroatoms. The van der Waals surface area contributed by atoms with Crippen LogP contribution in [-0.2, 0) is 9.59 Å². The maximum atomic E-state index is 11.3. The Labute approximate surface area is 55.0 Å². The predicted octanol–water partition coefficient (Wildman–Crippen LogP) is 1.01.